The van der Waals surface area contributed by atoms with Crippen molar-refractivity contribution in [2.24, 2.45) is 11.8 Å². The van der Waals surface area contributed by atoms with Crippen LogP contribution in [0.25, 0.3) is 0 Å². The van der Waals surface area contributed by atoms with Crippen LogP contribution >= 0.6 is 18.9 Å². The summed E-state index contributed by atoms with van der Waals surface area (Å²) in [6, 6.07) is 8.34. The molecule has 7 N–H and O–H groups in total. The fraction of sp³-hybridized carbons (Fsp3) is 0.743. The van der Waals surface area contributed by atoms with Crippen LogP contribution in [-0.4, -0.2) is 128 Å². The average molecular weight is 820 g/mol. The smallest absolute Gasteiger partial charge is 0.431 e. The first-order valence-corrected chi connectivity index (χ1v) is 21.8. The fourth-order valence-electron chi connectivity index (χ4n) is 6.81. The molecule has 2 unspecified atom stereocenters. The lowest BCUT2D eigenvalue weighted by Crippen LogP contribution is -2.61. The maximum absolute atomic E-state index is 12.3. The minimum absolute atomic E-state index is 0.0753. The largest absolute Gasteiger partial charge is 0.508 e. The van der Waals surface area contributed by atoms with Gasteiger partial charge in [0.2, 0.25) is 5.91 Å². The summed E-state index contributed by atoms with van der Waals surface area (Å²) < 4.78 is 33.5. The Kier molecular flexibility index (Phi) is 21.2. The summed E-state index contributed by atoms with van der Waals surface area (Å²) >= 11 is 10.5. The maximum atomic E-state index is 12.3. The second kappa shape index (κ2) is 24.6. The molecule has 0 aromatic heterocycles. The van der Waals surface area contributed by atoms with E-state index in [-0.39, 0.29) is 37.6 Å². The van der Waals surface area contributed by atoms with E-state index in [2.05, 4.69) is 16.0 Å². The van der Waals surface area contributed by atoms with Gasteiger partial charge >= 0.3 is 12.9 Å². The Morgan fingerprint density at radius 3 is 2.33 bits per heavy atom. The van der Waals surface area contributed by atoms with Crippen molar-refractivity contribution < 1.29 is 57.8 Å². The second-order valence-corrected chi connectivity index (χ2v) is 17.1. The number of aliphatic hydroxyl groups is 3. The molecule has 3 rings (SSSR count). The van der Waals surface area contributed by atoms with Crippen molar-refractivity contribution in [1.82, 2.24) is 16.0 Å². The fourth-order valence-corrected chi connectivity index (χ4v) is 8.00. The van der Waals surface area contributed by atoms with Crippen molar-refractivity contribution in [2.75, 3.05) is 40.0 Å². The van der Waals surface area contributed by atoms with Gasteiger partial charge in [-0.3, -0.25) is 4.79 Å². The van der Waals surface area contributed by atoms with Crippen LogP contribution in [0.1, 0.15) is 70.3 Å². The van der Waals surface area contributed by atoms with Crippen molar-refractivity contribution in [3.63, 3.8) is 0 Å². The number of benzene rings is 1. The van der Waals surface area contributed by atoms with E-state index < -0.39 is 55.4 Å². The van der Waals surface area contributed by atoms with Gasteiger partial charge in [-0.15, -0.1) is 0 Å². The van der Waals surface area contributed by atoms with Gasteiger partial charge < -0.3 is 64.2 Å². The number of carbonyl (C=O) groups excluding carboxylic acids is 2. The van der Waals surface area contributed by atoms with Crippen molar-refractivity contribution in [2.45, 2.75) is 114 Å². The standard InChI is InChI=1S/C35H59BN3O12PS2/c1-23(41)39-29-27(19-25(20-40)30(42)31(29)43)47-18-12-11-17-38-34(53)37-16-10-5-3-4-9-15-26-32(51-52(45,54)46-2)28(50-33(26)36)22-49-35(44)48-21-24-13-7-6-8-14-24/h6-8,13-14,25-33,40,42-43H,3-5,9-12,15-22,36H2,1-2H3,(H,39,41)(H,45,54)(H2,37,38,53)/t25-,26+,27-,28-,29+,30+,31-,32?,33-,52?/m1/s1. The lowest BCUT2D eigenvalue weighted by atomic mass is 9.79. The zero-order valence-corrected chi connectivity index (χ0v) is 34.0. The third-order valence-corrected chi connectivity index (χ3v) is 11.7. The number of hydrogen-bond donors (Lipinski definition) is 7. The van der Waals surface area contributed by atoms with Crippen molar-refractivity contribution >= 4 is 55.8 Å². The van der Waals surface area contributed by atoms with E-state index in [4.69, 9.17) is 52.0 Å². The monoisotopic (exact) mass is 819 g/mol. The van der Waals surface area contributed by atoms with Crippen LogP contribution < -0.4 is 16.0 Å². The highest BCUT2D eigenvalue weighted by Crippen LogP contribution is 2.48. The number of carbonyl (C=O) groups is 2. The molecule has 2 fully saturated rings. The Morgan fingerprint density at radius 2 is 1.67 bits per heavy atom. The van der Waals surface area contributed by atoms with Gasteiger partial charge in [0.1, 0.15) is 39.4 Å². The molecular formula is C35H59BN3O12PS2. The quantitative estimate of drug-likeness (QED) is 0.0276. The molecule has 1 aliphatic carbocycles. The summed E-state index contributed by atoms with van der Waals surface area (Å²) in [5.74, 6) is -0.921. The molecule has 19 heteroatoms. The first-order valence-electron chi connectivity index (χ1n) is 18.8. The Bertz CT molecular complexity index is 1330. The van der Waals surface area contributed by atoms with E-state index in [1.165, 1.54) is 14.0 Å². The predicted octanol–water partition coefficient (Wildman–Crippen LogP) is 1.77. The van der Waals surface area contributed by atoms with Crippen LogP contribution in [0.3, 0.4) is 0 Å². The SMILES string of the molecule is B[C@@H]1O[C@H](COC(=O)OCc2ccccc2)C(OP(O)(=S)OC)[C@@H]1CCCCCCCNC(=S)NCCCCO[C@@H]1C[C@H](CO)[C@H](O)[C@H](O)[C@H]1NC(C)=O. The minimum Gasteiger partial charge on any atom is -0.431 e. The summed E-state index contributed by atoms with van der Waals surface area (Å²) in [6.45, 7) is -0.649. The molecule has 1 amide bonds. The minimum atomic E-state index is -3.50. The lowest BCUT2D eigenvalue weighted by molar-refractivity contribution is -0.142. The summed E-state index contributed by atoms with van der Waals surface area (Å²) in [7, 11) is 3.24. The molecule has 1 heterocycles. The zero-order valence-electron chi connectivity index (χ0n) is 31.5. The number of unbranched alkanes of at least 4 members (excludes halogenated alkanes) is 5. The van der Waals surface area contributed by atoms with Crippen LogP contribution in [-0.2, 0) is 51.2 Å². The number of thiocarbonyl (C=S) groups is 1. The van der Waals surface area contributed by atoms with E-state index in [9.17, 15) is 29.8 Å². The normalized spacial score (nSPS) is 27.8. The first kappa shape index (κ1) is 46.4. The predicted molar refractivity (Wildman–Crippen MR) is 212 cm³/mol. The van der Waals surface area contributed by atoms with Gasteiger partial charge in [0.25, 0.3) is 0 Å². The van der Waals surface area contributed by atoms with Crippen LogP contribution in [0.5, 0.6) is 0 Å². The average Bonchev–Trinajstić information content (AvgIpc) is 3.43. The summed E-state index contributed by atoms with van der Waals surface area (Å²) in [5.41, 5.74) is 0.840. The van der Waals surface area contributed by atoms with Gasteiger partial charge in [0, 0.05) is 58.2 Å². The Hall–Kier alpha value is -1.96. The molecule has 2 aliphatic rings. The van der Waals surface area contributed by atoms with E-state index in [1.54, 1.807) is 0 Å². The first-order chi connectivity index (χ1) is 25.8. The van der Waals surface area contributed by atoms with Gasteiger partial charge in [0.05, 0.1) is 18.2 Å². The van der Waals surface area contributed by atoms with E-state index in [0.717, 1.165) is 63.5 Å². The van der Waals surface area contributed by atoms with Crippen LogP contribution in [0.15, 0.2) is 30.3 Å². The third-order valence-electron chi connectivity index (χ3n) is 9.76. The molecule has 15 nitrogen and oxygen atoms in total. The second-order valence-electron chi connectivity index (χ2n) is 13.8. The highest BCUT2D eigenvalue weighted by molar-refractivity contribution is 8.07. The molecule has 10 atom stereocenters. The topological polar surface area (TPSA) is 207 Å². The van der Waals surface area contributed by atoms with Crippen molar-refractivity contribution in [1.29, 1.82) is 0 Å². The molecule has 1 aliphatic heterocycles. The van der Waals surface area contributed by atoms with Crippen LogP contribution in [0, 0.1) is 11.8 Å². The summed E-state index contributed by atoms with van der Waals surface area (Å²) in [4.78, 5) is 34.3. The number of hydrogen-bond acceptors (Lipinski definition) is 13. The molecule has 1 aromatic carbocycles. The zero-order chi connectivity index (χ0) is 39.5. The molecule has 306 valence electrons. The molecule has 54 heavy (non-hydrogen) atoms. The number of aliphatic hydroxyl groups excluding tert-OH is 3. The summed E-state index contributed by atoms with van der Waals surface area (Å²) in [6.07, 6.45) is 2.63. The van der Waals surface area contributed by atoms with Gasteiger partial charge in [-0.25, -0.2) is 4.79 Å². The molecule has 1 aromatic rings. The number of rotatable bonds is 23. The maximum Gasteiger partial charge on any atom is 0.508 e. The van der Waals surface area contributed by atoms with Crippen molar-refractivity contribution in [3.8, 4) is 0 Å². The van der Waals surface area contributed by atoms with Gasteiger partial charge in [-0.05, 0) is 61.7 Å². The van der Waals surface area contributed by atoms with E-state index >= 15 is 0 Å². The Balaban J connectivity index is 1.26. The van der Waals surface area contributed by atoms with Crippen LogP contribution in [0.2, 0.25) is 0 Å². The Morgan fingerprint density at radius 1 is 1.00 bits per heavy atom. The van der Waals surface area contributed by atoms with Gasteiger partial charge in [-0.2, -0.15) is 0 Å². The highest BCUT2D eigenvalue weighted by atomic mass is 32.5. The molecular weight excluding hydrogens is 760 g/mol. The van der Waals surface area contributed by atoms with Gasteiger partial charge in [-0.1, -0.05) is 56.0 Å². The molecule has 1 saturated heterocycles. The summed E-state index contributed by atoms with van der Waals surface area (Å²) in [5, 5.41) is 39.9. The van der Waals surface area contributed by atoms with Gasteiger partial charge in [0.15, 0.2) is 5.11 Å². The van der Waals surface area contributed by atoms with E-state index in [1.807, 2.05) is 38.2 Å². The number of amides is 1. The number of nitrogens with one attached hydrogen (secondary N) is 3. The number of ether oxygens (including phenoxy) is 4. The molecule has 0 spiro atoms. The third kappa shape index (κ3) is 16.3. The highest BCUT2D eigenvalue weighted by Gasteiger charge is 2.46. The lowest BCUT2D eigenvalue weighted by Gasteiger charge is -2.42. The molecule has 0 bridgehead atoms. The Labute approximate surface area is 330 Å². The molecule has 0 radical (unpaired) electrons. The van der Waals surface area contributed by atoms with E-state index in [0.29, 0.717) is 24.7 Å². The molecule has 1 saturated carbocycles. The van der Waals surface area contributed by atoms with Crippen molar-refractivity contribution in [3.05, 3.63) is 35.9 Å². The van der Waals surface area contributed by atoms with Crippen LogP contribution in [0.4, 0.5) is 4.79 Å².